The number of H-pyrrole nitrogens is 2. The summed E-state index contributed by atoms with van der Waals surface area (Å²) in [5.74, 6) is -2.09. The molecule has 13 N–H and O–H groups in total. The Kier molecular flexibility index (Phi) is 20.9. The minimum atomic E-state index is -1.79. The van der Waals surface area contributed by atoms with Gasteiger partial charge in [-0.3, -0.25) is 57.7 Å². The van der Waals surface area contributed by atoms with Crippen LogP contribution in [0.4, 0.5) is 4.79 Å². The number of hydrogen-bond acceptors (Lipinski definition) is 27. The number of nitrogens with zero attached hydrogens (tertiary/aromatic N) is 6. The summed E-state index contributed by atoms with van der Waals surface area (Å²) in [4.78, 5) is 121. The van der Waals surface area contributed by atoms with E-state index in [1.807, 2.05) is 9.97 Å². The fourth-order valence-electron chi connectivity index (χ4n) is 10.6. The number of carbonyl (C=O) groups excluding carboxylic acids is 5. The summed E-state index contributed by atoms with van der Waals surface area (Å²) in [6.07, 6.45) is -23.4. The monoisotopic (exact) mass is 1210 g/mol. The van der Waals surface area contributed by atoms with Crippen LogP contribution >= 0.6 is 0 Å². The fourth-order valence-corrected chi connectivity index (χ4v) is 10.6. The average molecular weight is 1210 g/mol. The van der Waals surface area contributed by atoms with E-state index in [1.54, 1.807) is 27.8 Å². The predicted octanol–water partition coefficient (Wildman–Crippen LogP) is -8.05. The van der Waals surface area contributed by atoms with Gasteiger partial charge < -0.3 is 94.9 Å². The van der Waals surface area contributed by atoms with Gasteiger partial charge in [-0.25, -0.2) is 14.4 Å². The van der Waals surface area contributed by atoms with Crippen molar-refractivity contribution < 1.29 is 98.0 Å². The van der Waals surface area contributed by atoms with E-state index in [-0.39, 0.29) is 43.4 Å². The molecule has 34 nitrogen and oxygen atoms in total. The Bertz CT molecular complexity index is 3090. The van der Waals surface area contributed by atoms with E-state index >= 15 is 0 Å². The van der Waals surface area contributed by atoms with Crippen LogP contribution in [0.1, 0.15) is 47.1 Å². The molecule has 472 valence electrons. The number of ketones is 2. The third-order valence-electron chi connectivity index (χ3n) is 15.1. The van der Waals surface area contributed by atoms with E-state index < -0.39 is 174 Å². The number of likely N-dealkylation sites (N-methyl/N-ethyl adjacent to an activating group) is 4. The zero-order valence-corrected chi connectivity index (χ0v) is 47.7. The molecule has 0 saturated carbocycles. The molecule has 8 heterocycles. The van der Waals surface area contributed by atoms with Gasteiger partial charge in [0.05, 0.1) is 11.4 Å². The van der Waals surface area contributed by atoms with Crippen molar-refractivity contribution in [3.63, 3.8) is 0 Å². The Hall–Kier alpha value is -6.29. The molecular formula is C51H74N10O24. The number of hydrogen-bond donors (Lipinski definition) is 12. The summed E-state index contributed by atoms with van der Waals surface area (Å²) in [5, 5.41) is 88.9. The summed E-state index contributed by atoms with van der Waals surface area (Å²) in [6, 6.07) is -0.587. The summed E-state index contributed by atoms with van der Waals surface area (Å²) in [7, 11) is 5.84. The van der Waals surface area contributed by atoms with Gasteiger partial charge >= 0.3 is 17.5 Å². The molecule has 85 heavy (non-hydrogen) atoms. The number of allylic oxidation sites excluding steroid dienone is 2. The van der Waals surface area contributed by atoms with Gasteiger partial charge in [0.1, 0.15) is 103 Å². The van der Waals surface area contributed by atoms with Gasteiger partial charge in [0, 0.05) is 78.6 Å². The van der Waals surface area contributed by atoms with Crippen molar-refractivity contribution in [2.75, 3.05) is 54.4 Å². The number of aromatic nitrogens is 4. The first kappa shape index (κ1) is 66.2. The van der Waals surface area contributed by atoms with E-state index in [2.05, 4.69) is 5.32 Å². The number of amides is 3. The van der Waals surface area contributed by atoms with Crippen molar-refractivity contribution >= 4 is 29.5 Å². The minimum Gasteiger partial charge on any atom is -0.444 e. The number of carbonyl (C=O) groups is 5. The van der Waals surface area contributed by atoms with Crippen LogP contribution in [0.15, 0.2) is 67.3 Å². The average Bonchev–Trinajstić information content (AvgIpc) is 4.03. The molecule has 0 bridgehead atoms. The highest BCUT2D eigenvalue weighted by atomic mass is 16.7. The molecule has 0 radical (unpaired) electrons. The number of nitrogens with two attached hydrogens (primary N) is 1. The Morgan fingerprint density at radius 1 is 0.612 bits per heavy atom. The van der Waals surface area contributed by atoms with Crippen molar-refractivity contribution in [1.29, 1.82) is 0 Å². The maximum atomic E-state index is 13.9. The van der Waals surface area contributed by atoms with Crippen molar-refractivity contribution in [2.24, 2.45) is 5.73 Å². The van der Waals surface area contributed by atoms with Crippen LogP contribution in [-0.4, -0.2) is 279 Å². The first-order chi connectivity index (χ1) is 39.8. The molecule has 4 fully saturated rings. The second-order valence-corrected chi connectivity index (χ2v) is 22.2. The lowest BCUT2D eigenvalue weighted by Crippen LogP contribution is -2.59. The van der Waals surface area contributed by atoms with Gasteiger partial charge in [-0.2, -0.15) is 0 Å². The number of alkyl carbamates (subject to hydrolysis) is 1. The van der Waals surface area contributed by atoms with Crippen LogP contribution in [0.3, 0.4) is 0 Å². The van der Waals surface area contributed by atoms with Crippen LogP contribution < -0.4 is 33.5 Å². The van der Waals surface area contributed by atoms with Crippen LogP contribution in [0.2, 0.25) is 0 Å². The topological polar surface area (TPSA) is 473 Å². The molecule has 6 aliphatic heterocycles. The number of Topliss-reactive ketones (excluding diaryl/α,β-unsaturated/α-hetero) is 2. The van der Waals surface area contributed by atoms with Crippen LogP contribution in [0.5, 0.6) is 0 Å². The van der Waals surface area contributed by atoms with Crippen molar-refractivity contribution in [1.82, 2.24) is 44.0 Å². The second kappa shape index (κ2) is 26.8. The summed E-state index contributed by atoms with van der Waals surface area (Å²) < 4.78 is 42.2. The van der Waals surface area contributed by atoms with Crippen molar-refractivity contribution in [2.45, 2.75) is 163 Å². The number of aliphatic hydroxyl groups excluding tert-OH is 8. The number of nitrogens with one attached hydrogen (secondary N) is 3. The van der Waals surface area contributed by atoms with E-state index in [0.29, 0.717) is 0 Å². The molecule has 0 spiro atoms. The number of ether oxygens (including phenoxy) is 7. The quantitative estimate of drug-likeness (QED) is 0.0788. The van der Waals surface area contributed by atoms with Crippen LogP contribution in [-0.2, 0) is 52.3 Å². The third-order valence-corrected chi connectivity index (χ3v) is 15.1. The third kappa shape index (κ3) is 14.1. The van der Waals surface area contributed by atoms with Gasteiger partial charge in [0.15, 0.2) is 36.6 Å². The summed E-state index contributed by atoms with van der Waals surface area (Å²) in [5.41, 5.74) is 1.74. The Morgan fingerprint density at radius 3 is 1.35 bits per heavy atom. The summed E-state index contributed by atoms with van der Waals surface area (Å²) in [6.45, 7) is 7.25. The zero-order valence-electron chi connectivity index (χ0n) is 47.7. The molecular weight excluding hydrogens is 1140 g/mol. The molecule has 0 aromatic carbocycles. The van der Waals surface area contributed by atoms with Gasteiger partial charge in [-0.1, -0.05) is 0 Å². The smallest absolute Gasteiger partial charge is 0.407 e. The predicted molar refractivity (Wildman–Crippen MR) is 285 cm³/mol. The van der Waals surface area contributed by atoms with E-state index in [0.717, 1.165) is 43.5 Å². The van der Waals surface area contributed by atoms with Crippen LogP contribution in [0, 0.1) is 0 Å². The normalized spacial score (nSPS) is 34.7. The molecule has 3 amide bonds. The largest absolute Gasteiger partial charge is 0.444 e. The number of aromatic amines is 2. The SMILES string of the molecule is CC(=O)C1=CCN(C)[C@@H]([C@H](OC2OC(CN)C(O)C2O)C2OC(n3ccc(=O)[nH]c3=O)C(O)C2O)C(=O)N1C.CC(=O)C1=CCN(C)[C@@H]([C@H](OC2OC(CNC(=O)OC(C)(C)C)C(O)C2O)C2OC(n3ccc(=O)[nH]c3=O)C(O)C2O)C(=O)N1C. The first-order valence-electron chi connectivity index (χ1n) is 26.8. The lowest BCUT2D eigenvalue weighted by atomic mass is 9.97. The Labute approximate surface area is 483 Å². The van der Waals surface area contributed by atoms with E-state index in [9.17, 15) is 84.0 Å². The standard InChI is InChI=1S/C28H41N5O13.C23H33N5O11/c1-12(34)13-7-9-31(5)16(23(40)32(13)6)21(22-18(37)19(38)24(44-22)33-10-8-15(35)30-26(33)41)45-25-20(39)17(36)14(43-25)11-29-27(42)46-28(2,3)4;1-9(29)10-4-6-26(2)13(20(35)27(10)3)18(39-22-17(34)14(31)11(8-24)37-22)19-15(32)16(33)21(38-19)28-7-5-12(30)25-23(28)36/h7-8,10,14,16-22,24-25,36-39H,9,11H2,1-6H3,(H,29,42)(H,30,35,41);4-5,7,11,13-19,21-22,31-34H,6,8,24H2,1-3H3,(H,25,30,36)/t14?,16-,17?,18?,19?,20?,21-,22?,24?,25?;11?,13-,14?,15?,16?,17?,18-,19?,21?,22?/m00/s1. The van der Waals surface area contributed by atoms with Crippen molar-refractivity contribution in [3.8, 4) is 0 Å². The molecule has 16 unspecified atom stereocenters. The Morgan fingerprint density at radius 2 is 1.00 bits per heavy atom. The summed E-state index contributed by atoms with van der Waals surface area (Å²) >= 11 is 0. The van der Waals surface area contributed by atoms with Gasteiger partial charge in [-0.05, 0) is 47.0 Å². The van der Waals surface area contributed by atoms with Gasteiger partial charge in [0.2, 0.25) is 11.8 Å². The maximum absolute atomic E-state index is 13.9. The molecule has 2 aromatic heterocycles. The molecule has 8 rings (SSSR count). The highest BCUT2D eigenvalue weighted by Crippen LogP contribution is 2.38. The Balaban J connectivity index is 0.000000247. The minimum absolute atomic E-state index is 0.0445. The first-order valence-corrected chi connectivity index (χ1v) is 26.8. The molecule has 34 heteroatoms. The van der Waals surface area contributed by atoms with E-state index in [1.165, 1.54) is 56.9 Å². The number of rotatable bonds is 15. The molecule has 0 aliphatic carbocycles. The lowest BCUT2D eigenvalue weighted by molar-refractivity contribution is -0.233. The maximum Gasteiger partial charge on any atom is 0.407 e. The van der Waals surface area contributed by atoms with Gasteiger partial charge in [-0.15, -0.1) is 0 Å². The molecule has 4 saturated heterocycles. The van der Waals surface area contributed by atoms with Crippen LogP contribution in [0.25, 0.3) is 0 Å². The van der Waals surface area contributed by atoms with Gasteiger partial charge in [0.25, 0.3) is 11.1 Å². The fraction of sp³-hybridized carbons (Fsp3) is 0.667. The highest BCUT2D eigenvalue weighted by Gasteiger charge is 2.58. The number of aliphatic hydroxyl groups is 8. The van der Waals surface area contributed by atoms with E-state index in [4.69, 9.17) is 38.9 Å². The highest BCUT2D eigenvalue weighted by molar-refractivity contribution is 5.99. The zero-order chi connectivity index (χ0) is 63.0. The molecule has 2 aromatic rings. The lowest BCUT2D eigenvalue weighted by Gasteiger charge is -2.38. The molecule has 20 atom stereocenters. The van der Waals surface area contributed by atoms with Crippen molar-refractivity contribution in [3.05, 3.63) is 89.7 Å². The second-order valence-electron chi connectivity index (χ2n) is 22.2. The molecule has 6 aliphatic rings.